The molecule has 0 saturated heterocycles. The first-order valence-corrected chi connectivity index (χ1v) is 7.67. The van der Waals surface area contributed by atoms with Crippen molar-refractivity contribution in [2.45, 2.75) is 58.4 Å². The van der Waals surface area contributed by atoms with Crippen LogP contribution in [0, 0.1) is 5.92 Å². The molecule has 3 nitrogen and oxygen atoms in total. The zero-order valence-corrected chi connectivity index (χ0v) is 12.2. The van der Waals surface area contributed by atoms with Crippen molar-refractivity contribution < 1.29 is 4.74 Å². The van der Waals surface area contributed by atoms with Gasteiger partial charge in [0.05, 0.1) is 12.3 Å². The number of aromatic nitrogens is 1. The summed E-state index contributed by atoms with van der Waals surface area (Å²) >= 11 is 0. The van der Waals surface area contributed by atoms with Crippen LogP contribution in [0.2, 0.25) is 0 Å². The maximum atomic E-state index is 5.58. The lowest BCUT2D eigenvalue weighted by Gasteiger charge is -2.19. The van der Waals surface area contributed by atoms with E-state index in [1.165, 1.54) is 38.5 Å². The number of rotatable bonds is 5. The third kappa shape index (κ3) is 4.12. The summed E-state index contributed by atoms with van der Waals surface area (Å²) in [4.78, 5) is 4.30. The van der Waals surface area contributed by atoms with E-state index in [0.29, 0.717) is 12.6 Å². The highest BCUT2D eigenvalue weighted by atomic mass is 16.5. The van der Waals surface area contributed by atoms with Crippen LogP contribution in [0.5, 0.6) is 5.88 Å². The minimum absolute atomic E-state index is 0.569. The largest absolute Gasteiger partial charge is 0.476 e. The lowest BCUT2D eigenvalue weighted by Crippen LogP contribution is -2.19. The zero-order valence-electron chi connectivity index (χ0n) is 12.2. The number of nitrogens with one attached hydrogen (secondary N) is 1. The summed E-state index contributed by atoms with van der Waals surface area (Å²) < 4.78 is 5.58. The second-order valence-corrected chi connectivity index (χ2v) is 5.41. The van der Waals surface area contributed by atoms with Gasteiger partial charge < -0.3 is 10.1 Å². The topological polar surface area (TPSA) is 34.1 Å². The first-order valence-electron chi connectivity index (χ1n) is 7.67. The van der Waals surface area contributed by atoms with Crippen molar-refractivity contribution in [2.75, 3.05) is 11.9 Å². The van der Waals surface area contributed by atoms with Crippen LogP contribution in [0.4, 0.5) is 5.69 Å². The molecule has 106 valence electrons. The normalized spacial score (nSPS) is 23.7. The van der Waals surface area contributed by atoms with Crippen molar-refractivity contribution in [3.63, 3.8) is 0 Å². The van der Waals surface area contributed by atoms with Gasteiger partial charge in [0, 0.05) is 12.2 Å². The summed E-state index contributed by atoms with van der Waals surface area (Å²) in [7, 11) is 0. The maximum absolute atomic E-state index is 5.58. The van der Waals surface area contributed by atoms with Crippen molar-refractivity contribution in [3.05, 3.63) is 18.3 Å². The molecule has 1 heterocycles. The van der Waals surface area contributed by atoms with Gasteiger partial charge in [0.15, 0.2) is 0 Å². The molecule has 3 heteroatoms. The molecular formula is C16H26N2O. The van der Waals surface area contributed by atoms with Crippen LogP contribution in [0.1, 0.15) is 52.4 Å². The Morgan fingerprint density at radius 2 is 2.16 bits per heavy atom. The molecule has 0 aromatic carbocycles. The van der Waals surface area contributed by atoms with E-state index in [1.807, 2.05) is 13.0 Å². The summed E-state index contributed by atoms with van der Waals surface area (Å²) in [6.07, 6.45) is 9.70. The second-order valence-electron chi connectivity index (χ2n) is 5.41. The highest BCUT2D eigenvalue weighted by molar-refractivity contribution is 5.52. The molecular weight excluding hydrogens is 236 g/mol. The van der Waals surface area contributed by atoms with Gasteiger partial charge in [0.2, 0.25) is 5.88 Å². The van der Waals surface area contributed by atoms with Crippen molar-refractivity contribution in [1.82, 2.24) is 4.98 Å². The Balaban J connectivity index is 1.96. The van der Waals surface area contributed by atoms with Gasteiger partial charge in [-0.15, -0.1) is 0 Å². The van der Waals surface area contributed by atoms with Crippen LogP contribution in [0.25, 0.3) is 0 Å². The molecule has 2 rings (SSSR count). The van der Waals surface area contributed by atoms with Gasteiger partial charge in [-0.2, -0.15) is 0 Å². The third-order valence-electron chi connectivity index (χ3n) is 4.08. The van der Waals surface area contributed by atoms with Crippen LogP contribution in [-0.2, 0) is 0 Å². The summed E-state index contributed by atoms with van der Waals surface area (Å²) in [6.45, 7) is 4.97. The number of nitrogens with zero attached hydrogens (tertiary/aromatic N) is 1. The molecule has 1 fully saturated rings. The minimum Gasteiger partial charge on any atom is -0.476 e. The average molecular weight is 262 g/mol. The third-order valence-corrected chi connectivity index (χ3v) is 4.08. The smallest absolute Gasteiger partial charge is 0.237 e. The predicted octanol–water partition coefficient (Wildman–Crippen LogP) is 4.25. The van der Waals surface area contributed by atoms with Crippen molar-refractivity contribution >= 4 is 5.69 Å². The molecule has 1 aromatic heterocycles. The van der Waals surface area contributed by atoms with Crippen molar-refractivity contribution in [1.29, 1.82) is 0 Å². The SMILES string of the molecule is CCOc1ncccc1NC1CCCC(CC)CC1. The highest BCUT2D eigenvalue weighted by Crippen LogP contribution is 2.29. The summed E-state index contributed by atoms with van der Waals surface area (Å²) in [6, 6.07) is 4.61. The highest BCUT2D eigenvalue weighted by Gasteiger charge is 2.18. The van der Waals surface area contributed by atoms with Gasteiger partial charge in [-0.3, -0.25) is 0 Å². The molecule has 0 amide bonds. The second kappa shape index (κ2) is 7.37. The summed E-state index contributed by atoms with van der Waals surface area (Å²) in [5.41, 5.74) is 1.05. The van der Waals surface area contributed by atoms with Crippen LogP contribution < -0.4 is 10.1 Å². The van der Waals surface area contributed by atoms with E-state index in [-0.39, 0.29) is 0 Å². The molecule has 2 atom stereocenters. The van der Waals surface area contributed by atoms with Gasteiger partial charge in [0.1, 0.15) is 0 Å². The van der Waals surface area contributed by atoms with Crippen LogP contribution in [0.3, 0.4) is 0 Å². The number of hydrogen-bond acceptors (Lipinski definition) is 3. The fourth-order valence-corrected chi connectivity index (χ4v) is 2.90. The molecule has 1 aliphatic rings. The number of ether oxygens (including phenoxy) is 1. The predicted molar refractivity (Wildman–Crippen MR) is 79.7 cm³/mol. The molecule has 1 saturated carbocycles. The molecule has 1 N–H and O–H groups in total. The van der Waals surface area contributed by atoms with Gasteiger partial charge in [-0.25, -0.2) is 4.98 Å². The van der Waals surface area contributed by atoms with E-state index in [0.717, 1.165) is 17.5 Å². The standard InChI is InChI=1S/C16H26N2O/c1-3-13-7-5-8-14(11-10-13)18-15-9-6-12-17-16(15)19-4-2/h6,9,12-14,18H,3-5,7-8,10-11H2,1-2H3. The van der Waals surface area contributed by atoms with Gasteiger partial charge in [-0.1, -0.05) is 26.2 Å². The van der Waals surface area contributed by atoms with E-state index in [2.05, 4.69) is 23.3 Å². The summed E-state index contributed by atoms with van der Waals surface area (Å²) in [5, 5.41) is 3.63. The lowest BCUT2D eigenvalue weighted by molar-refractivity contribution is 0.328. The Hall–Kier alpha value is -1.25. The van der Waals surface area contributed by atoms with E-state index < -0.39 is 0 Å². The Kier molecular flexibility index (Phi) is 5.49. The number of pyridine rings is 1. The maximum Gasteiger partial charge on any atom is 0.237 e. The first-order chi connectivity index (χ1) is 9.33. The molecule has 0 bridgehead atoms. The number of anilines is 1. The van der Waals surface area contributed by atoms with Crippen molar-refractivity contribution in [3.8, 4) is 5.88 Å². The minimum atomic E-state index is 0.569. The van der Waals surface area contributed by atoms with Gasteiger partial charge in [-0.05, 0) is 44.2 Å². The average Bonchev–Trinajstić information content (AvgIpc) is 2.66. The molecule has 1 aliphatic carbocycles. The Morgan fingerprint density at radius 1 is 1.26 bits per heavy atom. The van der Waals surface area contributed by atoms with Crippen molar-refractivity contribution in [2.24, 2.45) is 5.92 Å². The molecule has 0 radical (unpaired) electrons. The Bertz CT molecular complexity index is 381. The van der Waals surface area contributed by atoms with Crippen LogP contribution >= 0.6 is 0 Å². The molecule has 0 spiro atoms. The van der Waals surface area contributed by atoms with E-state index >= 15 is 0 Å². The van der Waals surface area contributed by atoms with Crippen LogP contribution in [-0.4, -0.2) is 17.6 Å². The van der Waals surface area contributed by atoms with E-state index in [1.54, 1.807) is 6.20 Å². The fourth-order valence-electron chi connectivity index (χ4n) is 2.90. The lowest BCUT2D eigenvalue weighted by atomic mass is 9.98. The molecule has 0 aliphatic heterocycles. The van der Waals surface area contributed by atoms with E-state index in [9.17, 15) is 0 Å². The van der Waals surface area contributed by atoms with E-state index in [4.69, 9.17) is 4.74 Å². The first kappa shape index (κ1) is 14.2. The number of hydrogen-bond donors (Lipinski definition) is 1. The molecule has 1 aromatic rings. The monoisotopic (exact) mass is 262 g/mol. The Labute approximate surface area is 116 Å². The van der Waals surface area contributed by atoms with Crippen LogP contribution in [0.15, 0.2) is 18.3 Å². The quantitative estimate of drug-likeness (QED) is 0.805. The summed E-state index contributed by atoms with van der Waals surface area (Å²) in [5.74, 6) is 1.66. The molecule has 19 heavy (non-hydrogen) atoms. The zero-order chi connectivity index (χ0) is 13.5. The Morgan fingerprint density at radius 3 is 2.95 bits per heavy atom. The van der Waals surface area contributed by atoms with Gasteiger partial charge >= 0.3 is 0 Å². The molecule has 2 unspecified atom stereocenters. The van der Waals surface area contributed by atoms with Gasteiger partial charge in [0.25, 0.3) is 0 Å². The fraction of sp³-hybridized carbons (Fsp3) is 0.688.